The number of ether oxygens (including phenoxy) is 1. The van der Waals surface area contributed by atoms with Gasteiger partial charge in [0.15, 0.2) is 5.92 Å². The van der Waals surface area contributed by atoms with Crippen LogP contribution in [-0.2, 0) is 9.53 Å². The molecular weight excluding hydrogens is 289 g/mol. The van der Waals surface area contributed by atoms with E-state index in [1.54, 1.807) is 0 Å². The Morgan fingerprint density at radius 3 is 2.19 bits per heavy atom. The molecular formula is C10H8BrF3O2. The zero-order valence-corrected chi connectivity index (χ0v) is 9.80. The molecule has 0 heterocycles. The molecule has 0 fully saturated rings. The molecule has 6 heteroatoms. The number of alkyl halides is 3. The Balaban J connectivity index is 3.11. The van der Waals surface area contributed by atoms with Crippen molar-refractivity contribution < 1.29 is 22.7 Å². The fraction of sp³-hybridized carbons (Fsp3) is 0.300. The third-order valence-corrected chi connectivity index (χ3v) is 2.50. The molecule has 0 aliphatic heterocycles. The summed E-state index contributed by atoms with van der Waals surface area (Å²) in [4.78, 5) is 11.1. The van der Waals surface area contributed by atoms with E-state index < -0.39 is 18.1 Å². The van der Waals surface area contributed by atoms with Crippen LogP contribution in [-0.4, -0.2) is 19.3 Å². The minimum absolute atomic E-state index is 0.137. The SMILES string of the molecule is COC(=O)C(c1ccc(Br)cc1)C(F)(F)F. The Morgan fingerprint density at radius 2 is 1.81 bits per heavy atom. The highest BCUT2D eigenvalue weighted by Crippen LogP contribution is 2.36. The van der Waals surface area contributed by atoms with Gasteiger partial charge in [-0.05, 0) is 17.7 Å². The lowest BCUT2D eigenvalue weighted by Crippen LogP contribution is -2.29. The number of benzene rings is 1. The van der Waals surface area contributed by atoms with Crippen LogP contribution in [0.2, 0.25) is 0 Å². The topological polar surface area (TPSA) is 26.3 Å². The van der Waals surface area contributed by atoms with Crippen LogP contribution in [0.15, 0.2) is 28.7 Å². The van der Waals surface area contributed by atoms with Crippen LogP contribution in [0.3, 0.4) is 0 Å². The molecule has 0 saturated carbocycles. The van der Waals surface area contributed by atoms with E-state index in [1.807, 2.05) is 0 Å². The normalized spacial score (nSPS) is 13.3. The first-order valence-corrected chi connectivity index (χ1v) is 5.05. The van der Waals surface area contributed by atoms with Gasteiger partial charge in [0.05, 0.1) is 7.11 Å². The molecule has 0 radical (unpaired) electrons. The Hall–Kier alpha value is -1.04. The van der Waals surface area contributed by atoms with Crippen molar-refractivity contribution >= 4 is 21.9 Å². The highest BCUT2D eigenvalue weighted by atomic mass is 79.9. The molecule has 0 aliphatic rings. The van der Waals surface area contributed by atoms with Gasteiger partial charge in [0, 0.05) is 4.47 Å². The number of hydrogen-bond donors (Lipinski definition) is 0. The number of esters is 1. The second kappa shape index (κ2) is 4.86. The monoisotopic (exact) mass is 296 g/mol. The van der Waals surface area contributed by atoms with Crippen LogP contribution in [0.5, 0.6) is 0 Å². The van der Waals surface area contributed by atoms with Crippen LogP contribution < -0.4 is 0 Å². The van der Waals surface area contributed by atoms with Crippen molar-refractivity contribution in [2.75, 3.05) is 7.11 Å². The van der Waals surface area contributed by atoms with Crippen molar-refractivity contribution in [2.24, 2.45) is 0 Å². The summed E-state index contributed by atoms with van der Waals surface area (Å²) in [5.74, 6) is -3.54. The Labute approximate surface area is 98.5 Å². The molecule has 88 valence electrons. The third-order valence-electron chi connectivity index (χ3n) is 1.97. The molecule has 1 unspecified atom stereocenters. The average molecular weight is 297 g/mol. The molecule has 16 heavy (non-hydrogen) atoms. The number of rotatable bonds is 2. The van der Waals surface area contributed by atoms with E-state index in [1.165, 1.54) is 24.3 Å². The van der Waals surface area contributed by atoms with E-state index in [-0.39, 0.29) is 5.56 Å². The molecule has 1 aromatic rings. The maximum atomic E-state index is 12.6. The van der Waals surface area contributed by atoms with Crippen molar-refractivity contribution in [3.63, 3.8) is 0 Å². The van der Waals surface area contributed by atoms with Gasteiger partial charge < -0.3 is 4.74 Å². The van der Waals surface area contributed by atoms with Crippen molar-refractivity contribution in [1.82, 2.24) is 0 Å². The molecule has 0 spiro atoms. The minimum Gasteiger partial charge on any atom is -0.468 e. The van der Waals surface area contributed by atoms with Gasteiger partial charge in [0.25, 0.3) is 0 Å². The summed E-state index contributed by atoms with van der Waals surface area (Å²) in [6.07, 6.45) is -4.65. The smallest absolute Gasteiger partial charge is 0.406 e. The first kappa shape index (κ1) is 13.0. The first-order chi connectivity index (χ1) is 7.36. The first-order valence-electron chi connectivity index (χ1n) is 4.26. The summed E-state index contributed by atoms with van der Waals surface area (Å²) >= 11 is 3.10. The van der Waals surface area contributed by atoms with Crippen molar-refractivity contribution in [1.29, 1.82) is 0 Å². The molecule has 0 aromatic heterocycles. The van der Waals surface area contributed by atoms with Crippen LogP contribution >= 0.6 is 15.9 Å². The van der Waals surface area contributed by atoms with Gasteiger partial charge in [-0.15, -0.1) is 0 Å². The van der Waals surface area contributed by atoms with E-state index in [2.05, 4.69) is 20.7 Å². The largest absolute Gasteiger partial charge is 0.468 e. The molecule has 1 rings (SSSR count). The summed E-state index contributed by atoms with van der Waals surface area (Å²) in [7, 11) is 0.930. The Morgan fingerprint density at radius 1 is 1.31 bits per heavy atom. The minimum atomic E-state index is -4.65. The van der Waals surface area contributed by atoms with Gasteiger partial charge in [-0.2, -0.15) is 13.2 Å². The molecule has 0 saturated heterocycles. The maximum absolute atomic E-state index is 12.6. The summed E-state index contributed by atoms with van der Waals surface area (Å²) in [5, 5.41) is 0. The molecule has 1 atom stereocenters. The summed E-state index contributed by atoms with van der Waals surface area (Å²) in [6, 6.07) is 5.35. The van der Waals surface area contributed by atoms with Gasteiger partial charge in [-0.3, -0.25) is 4.79 Å². The molecule has 0 bridgehead atoms. The van der Waals surface area contributed by atoms with E-state index in [0.717, 1.165) is 7.11 Å². The fourth-order valence-corrected chi connectivity index (χ4v) is 1.50. The molecule has 2 nitrogen and oxygen atoms in total. The number of methoxy groups -OCH3 is 1. The van der Waals surface area contributed by atoms with E-state index in [4.69, 9.17) is 0 Å². The lowest BCUT2D eigenvalue weighted by atomic mass is 9.99. The number of halogens is 4. The highest BCUT2D eigenvalue weighted by Gasteiger charge is 2.46. The summed E-state index contributed by atoms with van der Waals surface area (Å²) < 4.78 is 42.7. The van der Waals surface area contributed by atoms with Crippen molar-refractivity contribution in [3.05, 3.63) is 34.3 Å². The quantitative estimate of drug-likeness (QED) is 0.783. The number of hydrogen-bond acceptors (Lipinski definition) is 2. The zero-order chi connectivity index (χ0) is 12.3. The lowest BCUT2D eigenvalue weighted by molar-refractivity contribution is -0.179. The van der Waals surface area contributed by atoms with Crippen molar-refractivity contribution in [2.45, 2.75) is 12.1 Å². The van der Waals surface area contributed by atoms with E-state index in [9.17, 15) is 18.0 Å². The van der Waals surface area contributed by atoms with Gasteiger partial charge in [-0.1, -0.05) is 28.1 Å². The van der Waals surface area contributed by atoms with Gasteiger partial charge in [0.2, 0.25) is 0 Å². The fourth-order valence-electron chi connectivity index (χ4n) is 1.23. The number of carbonyl (C=O) groups excluding carboxylic acids is 1. The van der Waals surface area contributed by atoms with Crippen LogP contribution in [0.1, 0.15) is 11.5 Å². The highest BCUT2D eigenvalue weighted by molar-refractivity contribution is 9.10. The van der Waals surface area contributed by atoms with E-state index in [0.29, 0.717) is 4.47 Å². The Kier molecular flexibility index (Phi) is 3.96. The summed E-state index contributed by atoms with van der Waals surface area (Å²) in [5.41, 5.74) is -0.137. The average Bonchev–Trinajstić information content (AvgIpc) is 2.19. The molecule has 0 N–H and O–H groups in total. The third kappa shape index (κ3) is 2.98. The lowest BCUT2D eigenvalue weighted by Gasteiger charge is -2.18. The molecule has 0 aliphatic carbocycles. The predicted octanol–water partition coefficient (Wildman–Crippen LogP) is 3.27. The second-order valence-corrected chi connectivity index (χ2v) is 3.97. The second-order valence-electron chi connectivity index (χ2n) is 3.05. The van der Waals surface area contributed by atoms with Crippen LogP contribution in [0.25, 0.3) is 0 Å². The zero-order valence-electron chi connectivity index (χ0n) is 8.22. The molecule has 0 amide bonds. The van der Waals surface area contributed by atoms with Gasteiger partial charge in [0.1, 0.15) is 0 Å². The predicted molar refractivity (Wildman–Crippen MR) is 55.0 cm³/mol. The Bertz CT molecular complexity index is 373. The van der Waals surface area contributed by atoms with E-state index >= 15 is 0 Å². The number of carbonyl (C=O) groups is 1. The standard InChI is InChI=1S/C10H8BrF3O2/c1-16-9(15)8(10(12,13)14)6-2-4-7(11)5-3-6/h2-5,8H,1H3. The van der Waals surface area contributed by atoms with Gasteiger partial charge >= 0.3 is 12.1 Å². The van der Waals surface area contributed by atoms with Crippen LogP contribution in [0.4, 0.5) is 13.2 Å². The summed E-state index contributed by atoms with van der Waals surface area (Å²) in [6.45, 7) is 0. The molecule has 1 aromatic carbocycles. The maximum Gasteiger partial charge on any atom is 0.406 e. The van der Waals surface area contributed by atoms with Crippen LogP contribution in [0, 0.1) is 0 Å². The van der Waals surface area contributed by atoms with Crippen molar-refractivity contribution in [3.8, 4) is 0 Å². The van der Waals surface area contributed by atoms with Gasteiger partial charge in [-0.25, -0.2) is 0 Å².